The van der Waals surface area contributed by atoms with E-state index in [9.17, 15) is 14.4 Å². The van der Waals surface area contributed by atoms with Gasteiger partial charge in [-0.1, -0.05) is 6.92 Å². The maximum absolute atomic E-state index is 11.9. The summed E-state index contributed by atoms with van der Waals surface area (Å²) in [5, 5.41) is 2.75. The number of ketones is 1. The van der Waals surface area contributed by atoms with E-state index >= 15 is 0 Å². The molecule has 1 aromatic carbocycles. The highest BCUT2D eigenvalue weighted by Crippen LogP contribution is 2.22. The monoisotopic (exact) mass is 304 g/mol. The maximum Gasteiger partial charge on any atom is 0.414 e. The minimum absolute atomic E-state index is 0.0212. The largest absolute Gasteiger partial charge is 0.442 e. The van der Waals surface area contributed by atoms with Crippen molar-refractivity contribution in [2.24, 2.45) is 0 Å². The Balaban J connectivity index is 1.94. The first-order chi connectivity index (χ1) is 10.5. The predicted molar refractivity (Wildman–Crippen MR) is 82.0 cm³/mol. The number of amides is 2. The fourth-order valence-corrected chi connectivity index (χ4v) is 2.26. The molecule has 1 atom stereocenters. The molecule has 0 unspecified atom stereocenters. The van der Waals surface area contributed by atoms with Crippen LogP contribution in [0.5, 0.6) is 0 Å². The van der Waals surface area contributed by atoms with Crippen LogP contribution in [0.1, 0.15) is 37.0 Å². The summed E-state index contributed by atoms with van der Waals surface area (Å²) >= 11 is 0. The summed E-state index contributed by atoms with van der Waals surface area (Å²) in [6, 6.07) is 6.80. The van der Waals surface area contributed by atoms with Crippen molar-refractivity contribution < 1.29 is 19.1 Å². The first-order valence-electron chi connectivity index (χ1n) is 7.37. The summed E-state index contributed by atoms with van der Waals surface area (Å²) in [6.45, 7) is 4.12. The minimum atomic E-state index is -0.440. The van der Waals surface area contributed by atoms with Gasteiger partial charge in [-0.15, -0.1) is 0 Å². The molecule has 6 nitrogen and oxygen atoms in total. The molecule has 22 heavy (non-hydrogen) atoms. The Labute approximate surface area is 129 Å². The number of rotatable bonds is 6. The molecular formula is C16H20N2O4. The van der Waals surface area contributed by atoms with Crippen LogP contribution >= 0.6 is 0 Å². The summed E-state index contributed by atoms with van der Waals surface area (Å²) in [5.74, 6) is -0.0603. The number of cyclic esters (lactones) is 1. The highest BCUT2D eigenvalue weighted by atomic mass is 16.6. The molecule has 1 aromatic rings. The number of Topliss-reactive ketones (excluding diaryl/α,β-unsaturated/α-hetero) is 1. The normalized spacial score (nSPS) is 17.3. The lowest BCUT2D eigenvalue weighted by molar-refractivity contribution is -0.121. The molecule has 2 rings (SSSR count). The first kappa shape index (κ1) is 16.0. The Bertz CT molecular complexity index is 568. The van der Waals surface area contributed by atoms with Crippen molar-refractivity contribution in [1.29, 1.82) is 0 Å². The van der Waals surface area contributed by atoms with Crippen LogP contribution in [0.15, 0.2) is 24.3 Å². The van der Waals surface area contributed by atoms with Gasteiger partial charge in [0.15, 0.2) is 5.78 Å². The number of ether oxygens (including phenoxy) is 1. The van der Waals surface area contributed by atoms with Crippen LogP contribution in [0.3, 0.4) is 0 Å². The molecule has 6 heteroatoms. The van der Waals surface area contributed by atoms with Gasteiger partial charge < -0.3 is 10.1 Å². The molecule has 0 bridgehead atoms. The lowest BCUT2D eigenvalue weighted by Gasteiger charge is -2.13. The van der Waals surface area contributed by atoms with Crippen molar-refractivity contribution in [3.8, 4) is 0 Å². The van der Waals surface area contributed by atoms with E-state index in [1.54, 1.807) is 24.3 Å². The molecular weight excluding hydrogens is 284 g/mol. The Morgan fingerprint density at radius 2 is 2.00 bits per heavy atom. The molecule has 0 spiro atoms. The van der Waals surface area contributed by atoms with Crippen LogP contribution in [0.2, 0.25) is 0 Å². The SMILES string of the molecule is CCCC(=O)NC[C@H]1CN(c2ccc(C(C)=O)cc2)C(=O)O1. The van der Waals surface area contributed by atoms with Gasteiger partial charge in [0.25, 0.3) is 0 Å². The zero-order valence-electron chi connectivity index (χ0n) is 12.8. The van der Waals surface area contributed by atoms with Gasteiger partial charge in [-0.25, -0.2) is 4.79 Å². The average Bonchev–Trinajstić information content (AvgIpc) is 2.86. The average molecular weight is 304 g/mol. The second-order valence-electron chi connectivity index (χ2n) is 5.27. The number of benzene rings is 1. The second kappa shape index (κ2) is 7.06. The standard InChI is InChI=1S/C16H20N2O4/c1-3-4-15(20)17-9-14-10-18(16(21)22-14)13-7-5-12(6-8-13)11(2)19/h5-8,14H,3-4,9-10H2,1-2H3,(H,17,20)/t14-/m0/s1. The van der Waals surface area contributed by atoms with Crippen molar-refractivity contribution in [2.75, 3.05) is 18.0 Å². The maximum atomic E-state index is 11.9. The van der Waals surface area contributed by atoms with Gasteiger partial charge in [-0.2, -0.15) is 0 Å². The minimum Gasteiger partial charge on any atom is -0.442 e. The lowest BCUT2D eigenvalue weighted by Crippen LogP contribution is -2.34. The van der Waals surface area contributed by atoms with Crippen LogP contribution in [0.4, 0.5) is 10.5 Å². The molecule has 1 aliphatic rings. The predicted octanol–water partition coefficient (Wildman–Crippen LogP) is 2.13. The Kier molecular flexibility index (Phi) is 5.14. The Morgan fingerprint density at radius 3 is 2.59 bits per heavy atom. The molecule has 0 aliphatic carbocycles. The quantitative estimate of drug-likeness (QED) is 0.817. The second-order valence-corrected chi connectivity index (χ2v) is 5.27. The van der Waals surface area contributed by atoms with E-state index in [0.717, 1.165) is 6.42 Å². The zero-order chi connectivity index (χ0) is 16.1. The van der Waals surface area contributed by atoms with E-state index in [4.69, 9.17) is 4.74 Å². The number of nitrogens with one attached hydrogen (secondary N) is 1. The third-order valence-corrected chi connectivity index (χ3v) is 3.46. The van der Waals surface area contributed by atoms with Crippen molar-refractivity contribution >= 4 is 23.5 Å². The summed E-state index contributed by atoms with van der Waals surface area (Å²) in [5.41, 5.74) is 1.28. The molecule has 1 fully saturated rings. The molecule has 1 heterocycles. The van der Waals surface area contributed by atoms with E-state index in [1.165, 1.54) is 11.8 Å². The zero-order valence-corrected chi connectivity index (χ0v) is 12.8. The van der Waals surface area contributed by atoms with Crippen LogP contribution in [-0.4, -0.2) is 37.0 Å². The van der Waals surface area contributed by atoms with Gasteiger partial charge in [-0.3, -0.25) is 14.5 Å². The fraction of sp³-hybridized carbons (Fsp3) is 0.438. The Morgan fingerprint density at radius 1 is 1.32 bits per heavy atom. The molecule has 0 saturated carbocycles. The third-order valence-electron chi connectivity index (χ3n) is 3.46. The molecule has 1 saturated heterocycles. The number of hydrogen-bond donors (Lipinski definition) is 1. The number of anilines is 1. The van der Waals surface area contributed by atoms with Gasteiger partial charge in [-0.05, 0) is 37.6 Å². The van der Waals surface area contributed by atoms with Crippen molar-refractivity contribution in [2.45, 2.75) is 32.8 Å². The number of carbonyl (C=O) groups excluding carboxylic acids is 3. The van der Waals surface area contributed by atoms with E-state index in [1.807, 2.05) is 6.92 Å². The number of carbonyl (C=O) groups is 3. The molecule has 118 valence electrons. The molecule has 0 radical (unpaired) electrons. The van der Waals surface area contributed by atoms with Gasteiger partial charge >= 0.3 is 6.09 Å². The van der Waals surface area contributed by atoms with Crippen molar-refractivity contribution in [1.82, 2.24) is 5.32 Å². The highest BCUT2D eigenvalue weighted by Gasteiger charge is 2.32. The Hall–Kier alpha value is -2.37. The smallest absolute Gasteiger partial charge is 0.414 e. The van der Waals surface area contributed by atoms with E-state index in [2.05, 4.69) is 5.32 Å². The van der Waals surface area contributed by atoms with Crippen LogP contribution in [0.25, 0.3) is 0 Å². The van der Waals surface area contributed by atoms with Gasteiger partial charge in [0.1, 0.15) is 6.10 Å². The molecule has 1 N–H and O–H groups in total. The first-order valence-corrected chi connectivity index (χ1v) is 7.37. The molecule has 1 aliphatic heterocycles. The summed E-state index contributed by atoms with van der Waals surface area (Å²) in [7, 11) is 0. The van der Waals surface area contributed by atoms with E-state index in [-0.39, 0.29) is 17.8 Å². The van der Waals surface area contributed by atoms with Gasteiger partial charge in [0.2, 0.25) is 5.91 Å². The molecule has 2 amide bonds. The van der Waals surface area contributed by atoms with Gasteiger partial charge in [0, 0.05) is 17.7 Å². The van der Waals surface area contributed by atoms with Crippen molar-refractivity contribution in [3.05, 3.63) is 29.8 Å². The fourth-order valence-electron chi connectivity index (χ4n) is 2.26. The topological polar surface area (TPSA) is 75.7 Å². The summed E-state index contributed by atoms with van der Waals surface area (Å²) in [6.07, 6.45) is 0.452. The number of hydrogen-bond acceptors (Lipinski definition) is 4. The van der Waals surface area contributed by atoms with Gasteiger partial charge in [0.05, 0.1) is 13.1 Å². The summed E-state index contributed by atoms with van der Waals surface area (Å²) in [4.78, 5) is 36.1. The summed E-state index contributed by atoms with van der Waals surface area (Å²) < 4.78 is 5.24. The van der Waals surface area contributed by atoms with Crippen LogP contribution in [0, 0.1) is 0 Å². The van der Waals surface area contributed by atoms with Crippen molar-refractivity contribution in [3.63, 3.8) is 0 Å². The third kappa shape index (κ3) is 3.84. The molecule has 0 aromatic heterocycles. The lowest BCUT2D eigenvalue weighted by atomic mass is 10.1. The van der Waals surface area contributed by atoms with E-state index < -0.39 is 6.09 Å². The van der Waals surface area contributed by atoms with Crippen LogP contribution < -0.4 is 10.2 Å². The van der Waals surface area contributed by atoms with E-state index in [0.29, 0.717) is 30.8 Å². The van der Waals surface area contributed by atoms with Crippen LogP contribution in [-0.2, 0) is 9.53 Å². The highest BCUT2D eigenvalue weighted by molar-refractivity contribution is 5.95. The number of nitrogens with zero attached hydrogens (tertiary/aromatic N) is 1.